The van der Waals surface area contributed by atoms with Gasteiger partial charge < -0.3 is 10.2 Å². The smallest absolute Gasteiger partial charge is 0.0840 e. The quantitative estimate of drug-likeness (QED) is 0.794. The zero-order valence-electron chi connectivity index (χ0n) is 15.3. The Balaban J connectivity index is 1.62. The van der Waals surface area contributed by atoms with Crippen molar-refractivity contribution in [3.63, 3.8) is 0 Å². The van der Waals surface area contributed by atoms with Crippen molar-refractivity contribution in [2.75, 3.05) is 0 Å². The SMILES string of the molecule is CC(C)(O)c1ccc(CC=CC2CCC3(C)CCCC(O)C23)cc1. The van der Waals surface area contributed by atoms with Gasteiger partial charge in [0.25, 0.3) is 0 Å². The second-order valence-corrected chi connectivity index (χ2v) is 8.73. The summed E-state index contributed by atoms with van der Waals surface area (Å²) in [6.07, 6.45) is 11.3. The highest BCUT2D eigenvalue weighted by atomic mass is 16.3. The van der Waals surface area contributed by atoms with Crippen LogP contribution in [-0.2, 0) is 12.0 Å². The molecule has 132 valence electrons. The molecule has 2 saturated carbocycles. The van der Waals surface area contributed by atoms with Crippen LogP contribution in [0.5, 0.6) is 0 Å². The molecule has 4 atom stereocenters. The van der Waals surface area contributed by atoms with E-state index in [2.05, 4.69) is 31.2 Å². The lowest BCUT2D eigenvalue weighted by Gasteiger charge is -2.41. The number of benzene rings is 1. The van der Waals surface area contributed by atoms with E-state index in [1.54, 1.807) is 0 Å². The van der Waals surface area contributed by atoms with Gasteiger partial charge in [-0.25, -0.2) is 0 Å². The predicted octanol–water partition coefficient (Wildman–Crippen LogP) is 4.59. The normalized spacial score (nSPS) is 33.8. The van der Waals surface area contributed by atoms with E-state index < -0.39 is 5.60 Å². The van der Waals surface area contributed by atoms with Gasteiger partial charge >= 0.3 is 0 Å². The number of aliphatic hydroxyl groups excluding tert-OH is 1. The standard InChI is InChI=1S/C22H32O2/c1-21(2,24)18-11-9-16(10-12-18)6-4-7-17-13-15-22(3)14-5-8-19(23)20(17)22/h4,7,9-12,17,19-20,23-24H,5-6,8,13-15H2,1-3H3. The van der Waals surface area contributed by atoms with Crippen LogP contribution in [0.4, 0.5) is 0 Å². The first-order valence-electron chi connectivity index (χ1n) is 9.46. The number of rotatable bonds is 4. The highest BCUT2D eigenvalue weighted by Crippen LogP contribution is 2.55. The fraction of sp³-hybridized carbons (Fsp3) is 0.636. The Hall–Kier alpha value is -1.12. The molecule has 1 aromatic carbocycles. The summed E-state index contributed by atoms with van der Waals surface area (Å²) in [5.41, 5.74) is 1.79. The van der Waals surface area contributed by atoms with E-state index in [1.807, 2.05) is 26.0 Å². The molecule has 0 aromatic heterocycles. The molecule has 4 unspecified atom stereocenters. The van der Waals surface area contributed by atoms with Crippen molar-refractivity contribution in [2.24, 2.45) is 17.3 Å². The number of hydrogen-bond donors (Lipinski definition) is 2. The third-order valence-electron chi connectivity index (χ3n) is 6.37. The third kappa shape index (κ3) is 3.60. The minimum Gasteiger partial charge on any atom is -0.393 e. The van der Waals surface area contributed by atoms with Crippen molar-refractivity contribution in [3.8, 4) is 0 Å². The fourth-order valence-corrected chi connectivity index (χ4v) is 4.94. The minimum atomic E-state index is -0.778. The van der Waals surface area contributed by atoms with Crippen molar-refractivity contribution in [1.29, 1.82) is 0 Å². The molecule has 24 heavy (non-hydrogen) atoms. The summed E-state index contributed by atoms with van der Waals surface area (Å²) >= 11 is 0. The van der Waals surface area contributed by atoms with Crippen LogP contribution < -0.4 is 0 Å². The molecule has 2 fully saturated rings. The van der Waals surface area contributed by atoms with Crippen molar-refractivity contribution >= 4 is 0 Å². The molecule has 0 heterocycles. The summed E-state index contributed by atoms with van der Waals surface area (Å²) in [4.78, 5) is 0. The van der Waals surface area contributed by atoms with Crippen molar-refractivity contribution < 1.29 is 10.2 Å². The Morgan fingerprint density at radius 3 is 2.54 bits per heavy atom. The van der Waals surface area contributed by atoms with E-state index in [-0.39, 0.29) is 6.10 Å². The maximum Gasteiger partial charge on any atom is 0.0840 e. The number of aliphatic hydroxyl groups is 2. The first-order valence-corrected chi connectivity index (χ1v) is 9.46. The molecular weight excluding hydrogens is 296 g/mol. The Morgan fingerprint density at radius 1 is 1.17 bits per heavy atom. The summed E-state index contributed by atoms with van der Waals surface area (Å²) in [5, 5.41) is 20.5. The topological polar surface area (TPSA) is 40.5 Å². The molecule has 0 amide bonds. The van der Waals surface area contributed by atoms with Gasteiger partial charge in [0.05, 0.1) is 11.7 Å². The molecule has 0 aliphatic heterocycles. The molecule has 2 aliphatic carbocycles. The largest absolute Gasteiger partial charge is 0.393 e. The average Bonchev–Trinajstić information content (AvgIpc) is 2.85. The molecule has 2 heteroatoms. The van der Waals surface area contributed by atoms with E-state index in [1.165, 1.54) is 31.2 Å². The van der Waals surface area contributed by atoms with Crippen molar-refractivity contribution in [1.82, 2.24) is 0 Å². The summed E-state index contributed by atoms with van der Waals surface area (Å²) in [6.45, 7) is 6.01. The molecule has 2 aliphatic rings. The zero-order valence-corrected chi connectivity index (χ0v) is 15.3. The third-order valence-corrected chi connectivity index (χ3v) is 6.37. The van der Waals surface area contributed by atoms with E-state index in [0.717, 1.165) is 18.4 Å². The van der Waals surface area contributed by atoms with Crippen LogP contribution in [0.3, 0.4) is 0 Å². The van der Waals surface area contributed by atoms with Gasteiger partial charge in [-0.2, -0.15) is 0 Å². The first-order chi connectivity index (χ1) is 11.3. The Morgan fingerprint density at radius 2 is 1.88 bits per heavy atom. The van der Waals surface area contributed by atoms with Crippen LogP contribution >= 0.6 is 0 Å². The van der Waals surface area contributed by atoms with Gasteiger partial charge in [-0.1, -0.05) is 49.8 Å². The molecule has 0 bridgehead atoms. The molecular formula is C22H32O2. The van der Waals surface area contributed by atoms with Gasteiger partial charge in [0.2, 0.25) is 0 Å². The molecule has 3 rings (SSSR count). The van der Waals surface area contributed by atoms with Gasteiger partial charge in [0.15, 0.2) is 0 Å². The Labute approximate surface area is 146 Å². The van der Waals surface area contributed by atoms with Gasteiger partial charge in [-0.05, 0) is 74.3 Å². The van der Waals surface area contributed by atoms with Crippen LogP contribution in [0.15, 0.2) is 36.4 Å². The van der Waals surface area contributed by atoms with Crippen LogP contribution in [0.1, 0.15) is 64.0 Å². The van der Waals surface area contributed by atoms with Gasteiger partial charge in [-0.15, -0.1) is 0 Å². The summed E-state index contributed by atoms with van der Waals surface area (Å²) in [6, 6.07) is 8.24. The molecule has 2 N–H and O–H groups in total. The molecule has 0 radical (unpaired) electrons. The number of hydrogen-bond acceptors (Lipinski definition) is 2. The second-order valence-electron chi connectivity index (χ2n) is 8.73. The van der Waals surface area contributed by atoms with Crippen LogP contribution in [0.2, 0.25) is 0 Å². The number of allylic oxidation sites excluding steroid dienone is 2. The Kier molecular flexibility index (Phi) is 4.90. The van der Waals surface area contributed by atoms with E-state index in [0.29, 0.717) is 17.3 Å². The lowest BCUT2D eigenvalue weighted by atomic mass is 9.66. The monoisotopic (exact) mass is 328 g/mol. The van der Waals surface area contributed by atoms with Crippen LogP contribution in [-0.4, -0.2) is 16.3 Å². The summed E-state index contributed by atoms with van der Waals surface area (Å²) < 4.78 is 0. The lowest BCUT2D eigenvalue weighted by molar-refractivity contribution is -0.0102. The fourth-order valence-electron chi connectivity index (χ4n) is 4.94. The highest BCUT2D eigenvalue weighted by molar-refractivity contribution is 5.27. The van der Waals surface area contributed by atoms with Gasteiger partial charge in [0.1, 0.15) is 0 Å². The van der Waals surface area contributed by atoms with E-state index >= 15 is 0 Å². The second kappa shape index (κ2) is 6.65. The maximum absolute atomic E-state index is 10.5. The lowest BCUT2D eigenvalue weighted by Crippen LogP contribution is -2.39. The predicted molar refractivity (Wildman–Crippen MR) is 98.7 cm³/mol. The molecule has 1 aromatic rings. The minimum absolute atomic E-state index is 0.119. The van der Waals surface area contributed by atoms with Gasteiger partial charge in [-0.3, -0.25) is 0 Å². The number of fused-ring (bicyclic) bond motifs is 1. The van der Waals surface area contributed by atoms with Crippen molar-refractivity contribution in [3.05, 3.63) is 47.5 Å². The molecule has 0 saturated heterocycles. The van der Waals surface area contributed by atoms with E-state index in [9.17, 15) is 10.2 Å². The zero-order chi connectivity index (χ0) is 17.4. The van der Waals surface area contributed by atoms with Crippen LogP contribution in [0.25, 0.3) is 0 Å². The van der Waals surface area contributed by atoms with Gasteiger partial charge in [0, 0.05) is 0 Å². The average molecular weight is 328 g/mol. The maximum atomic E-state index is 10.5. The summed E-state index contributed by atoms with van der Waals surface area (Å²) in [7, 11) is 0. The Bertz CT molecular complexity index is 581. The summed E-state index contributed by atoms with van der Waals surface area (Å²) in [5.74, 6) is 0.973. The molecule has 2 nitrogen and oxygen atoms in total. The molecule has 0 spiro atoms. The van der Waals surface area contributed by atoms with Crippen LogP contribution in [0, 0.1) is 17.3 Å². The highest BCUT2D eigenvalue weighted by Gasteiger charge is 2.49. The van der Waals surface area contributed by atoms with E-state index in [4.69, 9.17) is 0 Å². The van der Waals surface area contributed by atoms with Crippen molar-refractivity contribution in [2.45, 2.75) is 71.0 Å². The first kappa shape index (κ1) is 17.7.